The van der Waals surface area contributed by atoms with Crippen molar-refractivity contribution in [3.05, 3.63) is 51.7 Å². The fourth-order valence-corrected chi connectivity index (χ4v) is 2.57. The van der Waals surface area contributed by atoms with Crippen LogP contribution >= 0.6 is 11.3 Å². The minimum Gasteiger partial charge on any atom is -0.496 e. The Morgan fingerprint density at radius 3 is 2.84 bits per heavy atom. The summed E-state index contributed by atoms with van der Waals surface area (Å²) >= 11 is 1.59. The zero-order valence-corrected chi connectivity index (χ0v) is 11.9. The Bertz CT molecular complexity index is 563. The van der Waals surface area contributed by atoms with Crippen LogP contribution < -0.4 is 10.1 Å². The Balaban J connectivity index is 1.88. The van der Waals surface area contributed by atoms with Gasteiger partial charge in [-0.25, -0.2) is 0 Å². The summed E-state index contributed by atoms with van der Waals surface area (Å²) in [5.74, 6) is 0.849. The number of methoxy groups -OCH3 is 1. The molecule has 100 valence electrons. The number of thiophene rings is 1. The van der Waals surface area contributed by atoms with E-state index in [4.69, 9.17) is 4.74 Å². The Morgan fingerprint density at radius 2 is 2.16 bits per heavy atom. The van der Waals surface area contributed by atoms with E-state index in [2.05, 4.69) is 5.32 Å². The maximum absolute atomic E-state index is 11.9. The number of rotatable bonds is 5. The number of para-hydroxylation sites is 1. The van der Waals surface area contributed by atoms with Crippen molar-refractivity contribution in [3.63, 3.8) is 0 Å². The average Bonchev–Trinajstić information content (AvgIpc) is 2.86. The van der Waals surface area contributed by atoms with Crippen molar-refractivity contribution in [3.8, 4) is 5.75 Å². The quantitative estimate of drug-likeness (QED) is 0.911. The zero-order valence-electron chi connectivity index (χ0n) is 11.1. The molecule has 0 unspecified atom stereocenters. The highest BCUT2D eigenvalue weighted by Crippen LogP contribution is 2.17. The van der Waals surface area contributed by atoms with Crippen LogP contribution in [0.5, 0.6) is 5.75 Å². The molecule has 0 spiro atoms. The zero-order chi connectivity index (χ0) is 13.7. The van der Waals surface area contributed by atoms with Crippen molar-refractivity contribution >= 4 is 17.2 Å². The van der Waals surface area contributed by atoms with Crippen LogP contribution in [0, 0.1) is 6.92 Å². The summed E-state index contributed by atoms with van der Waals surface area (Å²) in [7, 11) is 1.66. The molecular weight excluding hydrogens is 258 g/mol. The largest absolute Gasteiger partial charge is 0.496 e. The molecule has 2 rings (SSSR count). The van der Waals surface area contributed by atoms with Gasteiger partial charge in [-0.05, 0) is 31.0 Å². The van der Waals surface area contributed by atoms with E-state index >= 15 is 0 Å². The highest BCUT2D eigenvalue weighted by Gasteiger charge is 2.07. The monoisotopic (exact) mass is 275 g/mol. The topological polar surface area (TPSA) is 38.3 Å². The molecule has 2 aromatic rings. The lowest BCUT2D eigenvalue weighted by Crippen LogP contribution is -2.25. The Kier molecular flexibility index (Phi) is 4.58. The number of ether oxygens (including phenoxy) is 1. The summed E-state index contributed by atoms with van der Waals surface area (Å²) in [6.45, 7) is 2.60. The number of amides is 1. The molecule has 1 heterocycles. The minimum atomic E-state index is -0.0146. The van der Waals surface area contributed by atoms with Crippen LogP contribution in [-0.2, 0) is 6.42 Å². The molecule has 0 saturated heterocycles. The minimum absolute atomic E-state index is 0.0146. The molecule has 3 nitrogen and oxygen atoms in total. The first-order chi connectivity index (χ1) is 9.20. The number of carbonyl (C=O) groups is 1. The Morgan fingerprint density at radius 1 is 1.37 bits per heavy atom. The first-order valence-electron chi connectivity index (χ1n) is 6.16. The van der Waals surface area contributed by atoms with Gasteiger partial charge in [0, 0.05) is 16.8 Å². The molecule has 0 aliphatic heterocycles. The van der Waals surface area contributed by atoms with Gasteiger partial charge in [-0.1, -0.05) is 18.2 Å². The number of benzene rings is 1. The summed E-state index contributed by atoms with van der Waals surface area (Å²) in [4.78, 5) is 13.0. The second-order valence-electron chi connectivity index (χ2n) is 4.26. The van der Waals surface area contributed by atoms with E-state index in [-0.39, 0.29) is 5.91 Å². The van der Waals surface area contributed by atoms with Crippen LogP contribution in [0.1, 0.15) is 20.8 Å². The molecule has 1 amide bonds. The van der Waals surface area contributed by atoms with E-state index in [1.807, 2.05) is 42.6 Å². The molecule has 4 heteroatoms. The van der Waals surface area contributed by atoms with Crippen LogP contribution in [0.2, 0.25) is 0 Å². The van der Waals surface area contributed by atoms with Crippen LogP contribution in [-0.4, -0.2) is 19.6 Å². The third-order valence-corrected chi connectivity index (χ3v) is 3.73. The molecule has 1 aromatic heterocycles. The van der Waals surface area contributed by atoms with E-state index in [9.17, 15) is 4.79 Å². The van der Waals surface area contributed by atoms with Crippen molar-refractivity contribution in [1.29, 1.82) is 0 Å². The third-order valence-electron chi connectivity index (χ3n) is 2.87. The molecule has 0 aliphatic rings. The van der Waals surface area contributed by atoms with Gasteiger partial charge in [0.25, 0.3) is 5.91 Å². The van der Waals surface area contributed by atoms with E-state index < -0.39 is 0 Å². The summed E-state index contributed by atoms with van der Waals surface area (Å²) in [5, 5.41) is 4.81. The van der Waals surface area contributed by atoms with Crippen molar-refractivity contribution in [2.75, 3.05) is 13.7 Å². The van der Waals surface area contributed by atoms with Gasteiger partial charge in [-0.15, -0.1) is 11.3 Å². The Labute approximate surface area is 117 Å². The van der Waals surface area contributed by atoms with Gasteiger partial charge in [0.05, 0.1) is 12.7 Å². The molecule has 0 bridgehead atoms. The van der Waals surface area contributed by atoms with E-state index in [0.717, 1.165) is 28.2 Å². The van der Waals surface area contributed by atoms with Gasteiger partial charge in [0.2, 0.25) is 0 Å². The van der Waals surface area contributed by atoms with E-state index in [1.54, 1.807) is 18.4 Å². The van der Waals surface area contributed by atoms with Crippen molar-refractivity contribution in [1.82, 2.24) is 5.32 Å². The molecule has 0 radical (unpaired) electrons. The molecule has 0 aliphatic carbocycles. The first-order valence-corrected chi connectivity index (χ1v) is 7.04. The second-order valence-corrected chi connectivity index (χ2v) is 5.38. The third kappa shape index (κ3) is 3.58. The maximum Gasteiger partial charge on any atom is 0.252 e. The Hall–Kier alpha value is -1.81. The van der Waals surface area contributed by atoms with E-state index in [1.165, 1.54) is 0 Å². The number of aryl methyl sites for hydroxylation is 1. The molecular formula is C15H17NO2S. The normalized spacial score (nSPS) is 10.2. The van der Waals surface area contributed by atoms with Gasteiger partial charge in [-0.2, -0.15) is 0 Å². The highest BCUT2D eigenvalue weighted by molar-refractivity contribution is 7.10. The number of hydrogen-bond acceptors (Lipinski definition) is 3. The highest BCUT2D eigenvalue weighted by atomic mass is 32.1. The molecule has 1 aromatic carbocycles. The first kappa shape index (κ1) is 13.6. The van der Waals surface area contributed by atoms with Crippen molar-refractivity contribution in [2.45, 2.75) is 13.3 Å². The number of carbonyl (C=O) groups excluding carboxylic acids is 1. The summed E-state index contributed by atoms with van der Waals surface area (Å²) in [6.07, 6.45) is 0.763. The average molecular weight is 275 g/mol. The van der Waals surface area contributed by atoms with E-state index in [0.29, 0.717) is 6.54 Å². The summed E-state index contributed by atoms with van der Waals surface area (Å²) < 4.78 is 5.28. The standard InChI is InChI=1S/C15H17NO2S/c1-11-9-13(10-19-11)15(17)16-8-7-12-5-3-4-6-14(12)18-2/h3-6,9-10H,7-8H2,1-2H3,(H,16,17). The fourth-order valence-electron chi connectivity index (χ4n) is 1.88. The van der Waals surface area contributed by atoms with Crippen molar-refractivity contribution in [2.24, 2.45) is 0 Å². The molecule has 1 N–H and O–H groups in total. The van der Waals surface area contributed by atoms with Crippen LogP contribution in [0.25, 0.3) is 0 Å². The molecule has 0 saturated carbocycles. The lowest BCUT2D eigenvalue weighted by Gasteiger charge is -2.08. The smallest absolute Gasteiger partial charge is 0.252 e. The molecule has 19 heavy (non-hydrogen) atoms. The van der Waals surface area contributed by atoms with Crippen LogP contribution in [0.3, 0.4) is 0 Å². The van der Waals surface area contributed by atoms with Gasteiger partial charge < -0.3 is 10.1 Å². The van der Waals surface area contributed by atoms with Gasteiger partial charge >= 0.3 is 0 Å². The summed E-state index contributed by atoms with van der Waals surface area (Å²) in [5.41, 5.74) is 1.84. The number of nitrogens with one attached hydrogen (secondary N) is 1. The maximum atomic E-state index is 11.9. The summed E-state index contributed by atoms with van der Waals surface area (Å²) in [6, 6.07) is 9.76. The van der Waals surface area contributed by atoms with Crippen molar-refractivity contribution < 1.29 is 9.53 Å². The molecule has 0 atom stereocenters. The predicted octanol–water partition coefficient (Wildman–Crippen LogP) is 3.04. The van der Waals surface area contributed by atoms with Crippen LogP contribution in [0.15, 0.2) is 35.7 Å². The van der Waals surface area contributed by atoms with Gasteiger partial charge in [0.1, 0.15) is 5.75 Å². The number of hydrogen-bond donors (Lipinski definition) is 1. The lowest BCUT2D eigenvalue weighted by molar-refractivity contribution is 0.0954. The second kappa shape index (κ2) is 6.38. The SMILES string of the molecule is COc1ccccc1CCNC(=O)c1csc(C)c1. The van der Waals surface area contributed by atoms with Crippen LogP contribution in [0.4, 0.5) is 0 Å². The fraction of sp³-hybridized carbons (Fsp3) is 0.267. The van der Waals surface area contributed by atoms with Gasteiger partial charge in [-0.3, -0.25) is 4.79 Å². The van der Waals surface area contributed by atoms with Gasteiger partial charge in [0.15, 0.2) is 0 Å². The lowest BCUT2D eigenvalue weighted by atomic mass is 10.1. The molecule has 0 fully saturated rings. The predicted molar refractivity (Wildman–Crippen MR) is 78.1 cm³/mol.